The van der Waals surface area contributed by atoms with Crippen LogP contribution in [0.25, 0.3) is 0 Å². The monoisotopic (exact) mass is 312 g/mol. The highest BCUT2D eigenvalue weighted by molar-refractivity contribution is 9.10. The third-order valence-corrected chi connectivity index (χ3v) is 3.42. The minimum atomic E-state index is -0.946. The van der Waals surface area contributed by atoms with Crippen LogP contribution in [0.3, 0.4) is 0 Å². The number of likely N-dealkylation sites (tertiary alicyclic amines) is 1. The highest BCUT2D eigenvalue weighted by Crippen LogP contribution is 2.20. The normalized spacial score (nSPS) is 19.6. The van der Waals surface area contributed by atoms with E-state index in [4.69, 9.17) is 5.11 Å². The van der Waals surface area contributed by atoms with Gasteiger partial charge in [0.25, 0.3) is 5.91 Å². The first-order chi connectivity index (χ1) is 8.59. The zero-order valence-corrected chi connectivity index (χ0v) is 11.3. The molecule has 1 N–H and O–H groups in total. The number of hydrogen-bond acceptors (Lipinski definition) is 3. The van der Waals surface area contributed by atoms with Crippen molar-refractivity contribution in [3.63, 3.8) is 0 Å². The van der Waals surface area contributed by atoms with Gasteiger partial charge in [-0.15, -0.1) is 0 Å². The molecule has 1 amide bonds. The maximum absolute atomic E-state index is 12.2. The highest BCUT2D eigenvalue weighted by Gasteiger charge is 2.32. The van der Waals surface area contributed by atoms with Crippen LogP contribution < -0.4 is 0 Å². The summed E-state index contributed by atoms with van der Waals surface area (Å²) in [5.74, 6) is -1.26. The summed E-state index contributed by atoms with van der Waals surface area (Å²) >= 11 is 3.20. The Kier molecular flexibility index (Phi) is 3.96. The molecule has 0 aliphatic carbocycles. The Bertz CT molecular complexity index is 478. The Morgan fingerprint density at radius 1 is 1.39 bits per heavy atom. The van der Waals surface area contributed by atoms with Gasteiger partial charge >= 0.3 is 5.97 Å². The summed E-state index contributed by atoms with van der Waals surface area (Å²) in [6.07, 6.45) is 2.19. The van der Waals surface area contributed by atoms with Crippen LogP contribution in [0.15, 0.2) is 22.8 Å². The maximum atomic E-state index is 12.2. The molecule has 1 aromatic rings. The Labute approximate surface area is 113 Å². The first kappa shape index (κ1) is 13.0. The van der Waals surface area contributed by atoms with Gasteiger partial charge in [0.2, 0.25) is 0 Å². The van der Waals surface area contributed by atoms with Crippen molar-refractivity contribution in [2.75, 3.05) is 6.54 Å². The van der Waals surface area contributed by atoms with Crippen LogP contribution in [0, 0.1) is 0 Å². The Hall–Kier alpha value is -1.43. The van der Waals surface area contributed by atoms with Crippen molar-refractivity contribution in [3.8, 4) is 0 Å². The van der Waals surface area contributed by atoms with E-state index in [0.717, 1.165) is 12.8 Å². The molecule has 0 aromatic carbocycles. The van der Waals surface area contributed by atoms with Crippen molar-refractivity contribution < 1.29 is 14.7 Å². The van der Waals surface area contributed by atoms with E-state index in [0.29, 0.717) is 17.6 Å². The minimum absolute atomic E-state index is 0.275. The number of aliphatic carboxylic acids is 1. The van der Waals surface area contributed by atoms with E-state index in [2.05, 4.69) is 20.9 Å². The van der Waals surface area contributed by atoms with Crippen LogP contribution >= 0.6 is 15.9 Å². The van der Waals surface area contributed by atoms with Crippen LogP contribution in [0.5, 0.6) is 0 Å². The van der Waals surface area contributed by atoms with Crippen LogP contribution in [0.1, 0.15) is 29.8 Å². The van der Waals surface area contributed by atoms with Crippen molar-refractivity contribution in [1.82, 2.24) is 9.88 Å². The molecular weight excluding hydrogens is 300 g/mol. The summed E-state index contributed by atoms with van der Waals surface area (Å²) in [7, 11) is 0. The molecule has 0 saturated carbocycles. The number of carbonyl (C=O) groups excluding carboxylic acids is 1. The number of amides is 1. The minimum Gasteiger partial charge on any atom is -0.480 e. The van der Waals surface area contributed by atoms with Gasteiger partial charge in [0.1, 0.15) is 16.3 Å². The number of carbonyl (C=O) groups is 2. The molecule has 6 heteroatoms. The average molecular weight is 313 g/mol. The molecule has 2 rings (SSSR count). The van der Waals surface area contributed by atoms with Gasteiger partial charge in [-0.3, -0.25) is 4.79 Å². The van der Waals surface area contributed by atoms with E-state index in [1.165, 1.54) is 4.90 Å². The summed E-state index contributed by atoms with van der Waals surface area (Å²) in [5, 5.41) is 9.14. The zero-order valence-electron chi connectivity index (χ0n) is 9.67. The zero-order chi connectivity index (χ0) is 13.1. The topological polar surface area (TPSA) is 70.5 Å². The number of pyridine rings is 1. The smallest absolute Gasteiger partial charge is 0.326 e. The number of rotatable bonds is 2. The number of piperidine rings is 1. The number of nitrogens with zero attached hydrogens (tertiary/aromatic N) is 2. The first-order valence-electron chi connectivity index (χ1n) is 5.76. The number of carboxylic acids is 1. The summed E-state index contributed by atoms with van der Waals surface area (Å²) in [5.41, 5.74) is 0.275. The van der Waals surface area contributed by atoms with Gasteiger partial charge in [-0.25, -0.2) is 9.78 Å². The first-order valence-corrected chi connectivity index (χ1v) is 6.55. The molecule has 1 atom stereocenters. The van der Waals surface area contributed by atoms with E-state index in [1.54, 1.807) is 18.2 Å². The summed E-state index contributed by atoms with van der Waals surface area (Å²) < 4.78 is 0.567. The average Bonchev–Trinajstić information content (AvgIpc) is 2.38. The summed E-state index contributed by atoms with van der Waals surface area (Å²) in [6, 6.07) is 4.30. The van der Waals surface area contributed by atoms with Gasteiger partial charge < -0.3 is 10.0 Å². The third-order valence-electron chi connectivity index (χ3n) is 2.98. The standard InChI is InChI=1S/C12H13BrN2O3/c13-10-6-3-4-8(14-10)11(16)15-7-2-1-5-9(15)12(17)18/h3-4,6,9H,1-2,5,7H2,(H,17,18)/t9-/m1/s1. The van der Waals surface area contributed by atoms with Gasteiger partial charge in [0.05, 0.1) is 0 Å². The largest absolute Gasteiger partial charge is 0.480 e. The lowest BCUT2D eigenvalue weighted by molar-refractivity contribution is -0.143. The number of halogens is 1. The van der Waals surface area contributed by atoms with Gasteiger partial charge in [-0.05, 0) is 47.3 Å². The molecule has 1 aliphatic rings. The predicted molar refractivity (Wildman–Crippen MR) is 68.2 cm³/mol. The van der Waals surface area contributed by atoms with E-state index < -0.39 is 12.0 Å². The van der Waals surface area contributed by atoms with Crippen molar-refractivity contribution >= 4 is 27.8 Å². The van der Waals surface area contributed by atoms with Crippen LogP contribution in [-0.4, -0.2) is 39.5 Å². The second-order valence-corrected chi connectivity index (χ2v) is 5.01. The molecule has 1 fully saturated rings. The third kappa shape index (κ3) is 2.69. The van der Waals surface area contributed by atoms with Crippen LogP contribution in [0.2, 0.25) is 0 Å². The maximum Gasteiger partial charge on any atom is 0.326 e. The molecule has 0 radical (unpaired) electrons. The van der Waals surface area contributed by atoms with Gasteiger partial charge in [-0.2, -0.15) is 0 Å². The lowest BCUT2D eigenvalue weighted by Gasteiger charge is -2.32. The lowest BCUT2D eigenvalue weighted by Crippen LogP contribution is -2.48. The van der Waals surface area contributed by atoms with Crippen molar-refractivity contribution in [2.45, 2.75) is 25.3 Å². The Morgan fingerprint density at radius 2 is 2.17 bits per heavy atom. The number of carboxylic acid groups (broad SMARTS) is 1. The van der Waals surface area contributed by atoms with Crippen LogP contribution in [-0.2, 0) is 4.79 Å². The quantitative estimate of drug-likeness (QED) is 0.847. The van der Waals surface area contributed by atoms with Crippen molar-refractivity contribution in [2.24, 2.45) is 0 Å². The SMILES string of the molecule is O=C(O)[C@H]1CCCCN1C(=O)c1cccc(Br)n1. The van der Waals surface area contributed by atoms with E-state index in [1.807, 2.05) is 0 Å². The van der Waals surface area contributed by atoms with Gasteiger partial charge in [0, 0.05) is 6.54 Å². The van der Waals surface area contributed by atoms with Gasteiger partial charge in [-0.1, -0.05) is 6.07 Å². The highest BCUT2D eigenvalue weighted by atomic mass is 79.9. The van der Waals surface area contributed by atoms with E-state index >= 15 is 0 Å². The van der Waals surface area contributed by atoms with Crippen LogP contribution in [0.4, 0.5) is 0 Å². The molecule has 0 unspecified atom stereocenters. The Morgan fingerprint density at radius 3 is 2.83 bits per heavy atom. The molecule has 96 valence electrons. The fraction of sp³-hybridized carbons (Fsp3) is 0.417. The number of aromatic nitrogens is 1. The molecule has 5 nitrogen and oxygen atoms in total. The van der Waals surface area contributed by atoms with E-state index in [-0.39, 0.29) is 11.6 Å². The number of hydrogen-bond donors (Lipinski definition) is 1. The second-order valence-electron chi connectivity index (χ2n) is 4.19. The van der Waals surface area contributed by atoms with E-state index in [9.17, 15) is 9.59 Å². The van der Waals surface area contributed by atoms with Gasteiger partial charge in [0.15, 0.2) is 0 Å². The second kappa shape index (κ2) is 5.48. The fourth-order valence-corrected chi connectivity index (χ4v) is 2.45. The molecule has 2 heterocycles. The molecular formula is C12H13BrN2O3. The molecule has 0 spiro atoms. The molecule has 0 bridgehead atoms. The summed E-state index contributed by atoms with van der Waals surface area (Å²) in [4.78, 5) is 28.9. The lowest BCUT2D eigenvalue weighted by atomic mass is 10.0. The molecule has 1 aromatic heterocycles. The molecule has 18 heavy (non-hydrogen) atoms. The molecule has 1 saturated heterocycles. The summed E-state index contributed by atoms with van der Waals surface area (Å²) in [6.45, 7) is 0.476. The van der Waals surface area contributed by atoms with Crippen molar-refractivity contribution in [1.29, 1.82) is 0 Å². The predicted octanol–water partition coefficient (Wildman–Crippen LogP) is 1.92. The molecule has 1 aliphatic heterocycles. The fourth-order valence-electron chi connectivity index (χ4n) is 2.11. The Balaban J connectivity index is 2.23. The van der Waals surface area contributed by atoms with Crippen molar-refractivity contribution in [3.05, 3.63) is 28.5 Å².